The molecule has 3 atom stereocenters. The van der Waals surface area contributed by atoms with Crippen LogP contribution in [-0.2, 0) is 4.79 Å². The number of hydrogen-bond donors (Lipinski definition) is 1. The van der Waals surface area contributed by atoms with Gasteiger partial charge in [-0.3, -0.25) is 10.1 Å². The molecule has 0 aliphatic carbocycles. The van der Waals surface area contributed by atoms with Gasteiger partial charge in [-0.05, 0) is 19.3 Å². The number of likely N-dealkylation sites (N-methyl/N-ethyl adjacent to an activating group) is 1. The van der Waals surface area contributed by atoms with E-state index in [2.05, 4.69) is 33.0 Å². The highest BCUT2D eigenvalue weighted by molar-refractivity contribution is 5.84. The highest BCUT2D eigenvalue weighted by atomic mass is 16.2. The van der Waals surface area contributed by atoms with E-state index in [0.29, 0.717) is 11.8 Å². The van der Waals surface area contributed by atoms with Crippen LogP contribution in [0.3, 0.4) is 0 Å². The average Bonchev–Trinajstić information content (AvgIpc) is 2.55. The first-order valence-electron chi connectivity index (χ1n) is 6.22. The van der Waals surface area contributed by atoms with E-state index < -0.39 is 0 Å². The number of nitrogens with one attached hydrogen (secondary N) is 1. The van der Waals surface area contributed by atoms with Gasteiger partial charge in [-0.2, -0.15) is 0 Å². The number of nitrogens with zero attached hydrogens (tertiary/aromatic N) is 1. The molecule has 1 fully saturated rings. The Kier molecular flexibility index (Phi) is 4.58. The fourth-order valence-electron chi connectivity index (χ4n) is 2.23. The molecule has 1 aliphatic rings. The van der Waals surface area contributed by atoms with E-state index in [0.717, 1.165) is 25.8 Å². The van der Waals surface area contributed by atoms with Crippen molar-refractivity contribution in [3.8, 4) is 0 Å². The predicted molar refractivity (Wildman–Crippen MR) is 62.5 cm³/mol. The van der Waals surface area contributed by atoms with Crippen LogP contribution in [0.5, 0.6) is 0 Å². The average molecular weight is 212 g/mol. The first kappa shape index (κ1) is 12.5. The third-order valence-electron chi connectivity index (χ3n) is 3.41. The fraction of sp³-hybridized carbons (Fsp3) is 0.917. The molecule has 0 spiro atoms. The molecule has 3 heteroatoms. The minimum absolute atomic E-state index is 0.0477. The van der Waals surface area contributed by atoms with Crippen molar-refractivity contribution < 1.29 is 4.79 Å². The summed E-state index contributed by atoms with van der Waals surface area (Å²) in [7, 11) is 0. The van der Waals surface area contributed by atoms with E-state index in [1.54, 1.807) is 0 Å². The molecule has 15 heavy (non-hydrogen) atoms. The molecule has 0 aromatic heterocycles. The molecule has 0 bridgehead atoms. The molecular formula is C12H24N2O. The van der Waals surface area contributed by atoms with Crippen LogP contribution in [0.15, 0.2) is 0 Å². The maximum atomic E-state index is 12.1. The van der Waals surface area contributed by atoms with Crippen molar-refractivity contribution in [2.45, 2.75) is 59.2 Å². The standard InChI is InChI=1S/C12H24N2O/c1-5-8-10-13-11(9(4)6-2)12(15)14(10)7-3/h9-11,13H,5-8H2,1-4H3. The van der Waals surface area contributed by atoms with Gasteiger partial charge in [0.15, 0.2) is 0 Å². The van der Waals surface area contributed by atoms with Crippen LogP contribution in [0.25, 0.3) is 0 Å². The van der Waals surface area contributed by atoms with Gasteiger partial charge in [0.2, 0.25) is 5.91 Å². The molecule has 3 unspecified atom stereocenters. The maximum absolute atomic E-state index is 12.1. The third kappa shape index (κ3) is 2.51. The lowest BCUT2D eigenvalue weighted by atomic mass is 9.99. The zero-order valence-corrected chi connectivity index (χ0v) is 10.4. The Hall–Kier alpha value is -0.570. The highest BCUT2D eigenvalue weighted by Gasteiger charge is 2.39. The van der Waals surface area contributed by atoms with Crippen LogP contribution in [0.4, 0.5) is 0 Å². The smallest absolute Gasteiger partial charge is 0.241 e. The molecule has 1 aliphatic heterocycles. The minimum Gasteiger partial charge on any atom is -0.326 e. The van der Waals surface area contributed by atoms with Crippen molar-refractivity contribution in [3.63, 3.8) is 0 Å². The first-order valence-corrected chi connectivity index (χ1v) is 6.22. The second-order valence-corrected chi connectivity index (χ2v) is 4.46. The number of amides is 1. The summed E-state index contributed by atoms with van der Waals surface area (Å²) in [6.45, 7) is 9.34. The maximum Gasteiger partial charge on any atom is 0.241 e. The predicted octanol–water partition coefficient (Wildman–Crippen LogP) is 1.98. The molecule has 1 amide bonds. The van der Waals surface area contributed by atoms with Gasteiger partial charge in [0.1, 0.15) is 0 Å². The lowest BCUT2D eigenvalue weighted by Crippen LogP contribution is -2.37. The van der Waals surface area contributed by atoms with Crippen molar-refractivity contribution >= 4 is 5.91 Å². The van der Waals surface area contributed by atoms with Gasteiger partial charge in [-0.25, -0.2) is 0 Å². The summed E-state index contributed by atoms with van der Waals surface area (Å²) in [4.78, 5) is 14.1. The zero-order valence-electron chi connectivity index (χ0n) is 10.4. The summed E-state index contributed by atoms with van der Waals surface area (Å²) in [6.07, 6.45) is 3.51. The largest absolute Gasteiger partial charge is 0.326 e. The minimum atomic E-state index is 0.0477. The monoisotopic (exact) mass is 212 g/mol. The zero-order chi connectivity index (χ0) is 11.4. The van der Waals surface area contributed by atoms with Gasteiger partial charge in [0.25, 0.3) is 0 Å². The van der Waals surface area contributed by atoms with Crippen molar-refractivity contribution in [1.29, 1.82) is 0 Å². The van der Waals surface area contributed by atoms with E-state index in [-0.39, 0.29) is 12.2 Å². The Labute approximate surface area is 93.2 Å². The molecule has 0 saturated carbocycles. The van der Waals surface area contributed by atoms with Crippen LogP contribution < -0.4 is 5.32 Å². The Bertz CT molecular complexity index is 218. The number of rotatable bonds is 5. The third-order valence-corrected chi connectivity index (χ3v) is 3.41. The molecule has 0 radical (unpaired) electrons. The van der Waals surface area contributed by atoms with E-state index in [4.69, 9.17) is 0 Å². The summed E-state index contributed by atoms with van der Waals surface area (Å²) < 4.78 is 0. The van der Waals surface area contributed by atoms with Gasteiger partial charge in [0.05, 0.1) is 12.2 Å². The molecule has 0 aromatic carbocycles. The van der Waals surface area contributed by atoms with E-state index in [9.17, 15) is 4.79 Å². The summed E-state index contributed by atoms with van der Waals surface area (Å²) >= 11 is 0. The molecule has 1 N–H and O–H groups in total. The van der Waals surface area contributed by atoms with Crippen LogP contribution >= 0.6 is 0 Å². The van der Waals surface area contributed by atoms with E-state index in [1.165, 1.54) is 0 Å². The topological polar surface area (TPSA) is 32.3 Å². The van der Waals surface area contributed by atoms with Gasteiger partial charge < -0.3 is 4.90 Å². The van der Waals surface area contributed by atoms with Crippen molar-refractivity contribution in [2.75, 3.05) is 6.54 Å². The number of carbonyl (C=O) groups excluding carboxylic acids is 1. The van der Waals surface area contributed by atoms with E-state index >= 15 is 0 Å². The molecule has 1 rings (SSSR count). The van der Waals surface area contributed by atoms with Crippen molar-refractivity contribution in [3.05, 3.63) is 0 Å². The Morgan fingerprint density at radius 3 is 2.53 bits per heavy atom. The van der Waals surface area contributed by atoms with Crippen LogP contribution in [0.2, 0.25) is 0 Å². The van der Waals surface area contributed by atoms with Crippen molar-refractivity contribution in [1.82, 2.24) is 10.2 Å². The second-order valence-electron chi connectivity index (χ2n) is 4.46. The summed E-state index contributed by atoms with van der Waals surface area (Å²) in [6, 6.07) is 0.0477. The lowest BCUT2D eigenvalue weighted by Gasteiger charge is -2.21. The second kappa shape index (κ2) is 5.50. The Morgan fingerprint density at radius 2 is 2.07 bits per heavy atom. The quantitative estimate of drug-likeness (QED) is 0.755. The SMILES string of the molecule is CCCC1NC(C(C)CC)C(=O)N1CC. The molecule has 3 nitrogen and oxygen atoms in total. The first-order chi connectivity index (χ1) is 7.15. The van der Waals surface area contributed by atoms with Gasteiger partial charge in [-0.1, -0.05) is 33.6 Å². The molecule has 88 valence electrons. The number of carbonyl (C=O) groups is 1. The summed E-state index contributed by atoms with van der Waals surface area (Å²) in [5.41, 5.74) is 0. The fourth-order valence-corrected chi connectivity index (χ4v) is 2.23. The van der Waals surface area contributed by atoms with Crippen LogP contribution in [-0.4, -0.2) is 29.6 Å². The van der Waals surface area contributed by atoms with E-state index in [1.807, 2.05) is 4.90 Å². The Balaban J connectivity index is 2.68. The van der Waals surface area contributed by atoms with Gasteiger partial charge in [-0.15, -0.1) is 0 Å². The highest BCUT2D eigenvalue weighted by Crippen LogP contribution is 2.21. The molecule has 0 aromatic rings. The van der Waals surface area contributed by atoms with Crippen LogP contribution in [0, 0.1) is 5.92 Å². The molecule has 1 saturated heterocycles. The molecular weight excluding hydrogens is 188 g/mol. The van der Waals surface area contributed by atoms with Crippen LogP contribution in [0.1, 0.15) is 47.0 Å². The lowest BCUT2D eigenvalue weighted by molar-refractivity contribution is -0.130. The normalized spacial score (nSPS) is 28.5. The summed E-state index contributed by atoms with van der Waals surface area (Å²) in [5, 5.41) is 3.47. The van der Waals surface area contributed by atoms with Gasteiger partial charge in [0, 0.05) is 6.54 Å². The molecule has 1 heterocycles. The van der Waals surface area contributed by atoms with Crippen molar-refractivity contribution in [2.24, 2.45) is 5.92 Å². The summed E-state index contributed by atoms with van der Waals surface area (Å²) in [5.74, 6) is 0.735. The Morgan fingerprint density at radius 1 is 1.40 bits per heavy atom. The number of hydrogen-bond acceptors (Lipinski definition) is 2. The van der Waals surface area contributed by atoms with Gasteiger partial charge >= 0.3 is 0 Å².